The number of benzene rings is 1. The second-order valence-electron chi connectivity index (χ2n) is 5.17. The van der Waals surface area contributed by atoms with Crippen LogP contribution in [0.4, 0.5) is 0 Å². The van der Waals surface area contributed by atoms with Gasteiger partial charge in [-0.1, -0.05) is 12.1 Å². The van der Waals surface area contributed by atoms with Crippen LogP contribution in [-0.4, -0.2) is 42.0 Å². The molecule has 108 valence electrons. The third kappa shape index (κ3) is 3.57. The highest BCUT2D eigenvalue weighted by molar-refractivity contribution is 5.87. The molecule has 0 aliphatic carbocycles. The van der Waals surface area contributed by atoms with Crippen LogP contribution < -0.4 is 5.32 Å². The zero-order chi connectivity index (χ0) is 14.5. The monoisotopic (exact) mass is 276 g/mol. The fourth-order valence-electron chi connectivity index (χ4n) is 2.62. The van der Waals surface area contributed by atoms with Crippen molar-refractivity contribution in [3.63, 3.8) is 0 Å². The molecule has 1 amide bonds. The molecular formula is C15H20N2O3. The van der Waals surface area contributed by atoms with Gasteiger partial charge in [0.05, 0.1) is 5.56 Å². The Labute approximate surface area is 118 Å². The summed E-state index contributed by atoms with van der Waals surface area (Å²) in [5, 5.41) is 11.7. The topological polar surface area (TPSA) is 69.6 Å². The minimum atomic E-state index is -0.898. The molecule has 1 aromatic carbocycles. The van der Waals surface area contributed by atoms with Crippen molar-refractivity contribution in [2.75, 3.05) is 20.1 Å². The van der Waals surface area contributed by atoms with Crippen LogP contribution in [0.1, 0.15) is 28.8 Å². The van der Waals surface area contributed by atoms with E-state index in [0.717, 1.165) is 38.0 Å². The quantitative estimate of drug-likeness (QED) is 0.870. The lowest BCUT2D eigenvalue weighted by atomic mass is 9.95. The van der Waals surface area contributed by atoms with Crippen LogP contribution in [0.2, 0.25) is 0 Å². The van der Waals surface area contributed by atoms with Crippen molar-refractivity contribution in [3.8, 4) is 0 Å². The Morgan fingerprint density at radius 3 is 2.65 bits per heavy atom. The zero-order valence-corrected chi connectivity index (χ0v) is 11.6. The molecule has 5 nitrogen and oxygen atoms in total. The van der Waals surface area contributed by atoms with E-state index in [9.17, 15) is 9.59 Å². The van der Waals surface area contributed by atoms with Crippen LogP contribution in [0.3, 0.4) is 0 Å². The number of aromatic carboxylic acids is 1. The molecule has 1 fully saturated rings. The Balaban J connectivity index is 1.91. The molecule has 5 heteroatoms. The van der Waals surface area contributed by atoms with Crippen LogP contribution in [0, 0.1) is 5.92 Å². The van der Waals surface area contributed by atoms with Crippen molar-refractivity contribution in [3.05, 3.63) is 35.4 Å². The van der Waals surface area contributed by atoms with Gasteiger partial charge in [-0.15, -0.1) is 0 Å². The number of nitrogens with one attached hydrogen (secondary N) is 1. The van der Waals surface area contributed by atoms with Crippen LogP contribution in [0.15, 0.2) is 24.3 Å². The highest BCUT2D eigenvalue weighted by atomic mass is 16.4. The standard InChI is InChI=1S/C15H20N2O3/c1-16-14(18)12-5-7-17(8-6-12)10-11-3-2-4-13(9-11)15(19)20/h2-4,9,12H,5-8,10H2,1H3,(H,16,18)(H,19,20). The van der Waals surface area contributed by atoms with Gasteiger partial charge in [0.2, 0.25) is 5.91 Å². The van der Waals surface area contributed by atoms with E-state index in [1.165, 1.54) is 0 Å². The minimum Gasteiger partial charge on any atom is -0.478 e. The average molecular weight is 276 g/mol. The van der Waals surface area contributed by atoms with Gasteiger partial charge in [0.1, 0.15) is 0 Å². The average Bonchev–Trinajstić information content (AvgIpc) is 2.47. The molecule has 2 rings (SSSR count). The van der Waals surface area contributed by atoms with Crippen molar-refractivity contribution in [2.24, 2.45) is 5.92 Å². The molecule has 1 aliphatic rings. The molecule has 0 aromatic heterocycles. The predicted octanol–water partition coefficient (Wildman–Crippen LogP) is 1.34. The Morgan fingerprint density at radius 1 is 1.35 bits per heavy atom. The smallest absolute Gasteiger partial charge is 0.335 e. The number of piperidine rings is 1. The summed E-state index contributed by atoms with van der Waals surface area (Å²) in [6.07, 6.45) is 1.72. The molecule has 0 radical (unpaired) electrons. The van der Waals surface area contributed by atoms with Crippen molar-refractivity contribution in [1.29, 1.82) is 0 Å². The van der Waals surface area contributed by atoms with E-state index in [1.807, 2.05) is 6.07 Å². The maximum Gasteiger partial charge on any atom is 0.335 e. The van der Waals surface area contributed by atoms with E-state index in [4.69, 9.17) is 5.11 Å². The second-order valence-corrected chi connectivity index (χ2v) is 5.17. The van der Waals surface area contributed by atoms with Gasteiger partial charge >= 0.3 is 5.97 Å². The predicted molar refractivity (Wildman–Crippen MR) is 75.5 cm³/mol. The molecule has 0 unspecified atom stereocenters. The van der Waals surface area contributed by atoms with Crippen LogP contribution in [0.25, 0.3) is 0 Å². The minimum absolute atomic E-state index is 0.113. The van der Waals surface area contributed by atoms with E-state index in [-0.39, 0.29) is 11.8 Å². The van der Waals surface area contributed by atoms with Gasteiger partial charge in [0.15, 0.2) is 0 Å². The molecule has 1 saturated heterocycles. The summed E-state index contributed by atoms with van der Waals surface area (Å²) >= 11 is 0. The first kappa shape index (κ1) is 14.5. The summed E-state index contributed by atoms with van der Waals surface area (Å²) in [6.45, 7) is 2.48. The maximum absolute atomic E-state index is 11.6. The number of carboxylic acid groups (broad SMARTS) is 1. The normalized spacial score (nSPS) is 16.9. The van der Waals surface area contributed by atoms with Crippen molar-refractivity contribution in [2.45, 2.75) is 19.4 Å². The van der Waals surface area contributed by atoms with Crippen LogP contribution in [-0.2, 0) is 11.3 Å². The molecule has 1 aliphatic heterocycles. The Morgan fingerprint density at radius 2 is 2.05 bits per heavy atom. The summed E-state index contributed by atoms with van der Waals surface area (Å²) in [5.41, 5.74) is 1.33. The van der Waals surface area contributed by atoms with Crippen molar-refractivity contribution < 1.29 is 14.7 Å². The largest absolute Gasteiger partial charge is 0.478 e. The summed E-state index contributed by atoms with van der Waals surface area (Å²) in [6, 6.07) is 7.03. The van der Waals surface area contributed by atoms with Crippen molar-refractivity contribution in [1.82, 2.24) is 10.2 Å². The lowest BCUT2D eigenvalue weighted by molar-refractivity contribution is -0.125. The first-order chi connectivity index (χ1) is 9.60. The first-order valence-electron chi connectivity index (χ1n) is 6.86. The molecule has 2 N–H and O–H groups in total. The Bertz CT molecular complexity index is 494. The van der Waals surface area contributed by atoms with Gasteiger partial charge in [-0.2, -0.15) is 0 Å². The number of carboxylic acids is 1. The number of carbonyl (C=O) groups excluding carboxylic acids is 1. The molecule has 0 spiro atoms. The summed E-state index contributed by atoms with van der Waals surface area (Å²) < 4.78 is 0. The number of amides is 1. The fraction of sp³-hybridized carbons (Fsp3) is 0.467. The van der Waals surface area contributed by atoms with Gasteiger partial charge in [-0.05, 0) is 43.6 Å². The second kappa shape index (κ2) is 6.52. The molecule has 20 heavy (non-hydrogen) atoms. The number of hydrogen-bond acceptors (Lipinski definition) is 3. The van der Waals surface area contributed by atoms with E-state index in [1.54, 1.807) is 25.2 Å². The number of hydrogen-bond donors (Lipinski definition) is 2. The van der Waals surface area contributed by atoms with E-state index in [0.29, 0.717) is 5.56 Å². The summed E-state index contributed by atoms with van der Waals surface area (Å²) in [4.78, 5) is 24.8. The SMILES string of the molecule is CNC(=O)C1CCN(Cc2cccc(C(=O)O)c2)CC1. The van der Waals surface area contributed by atoms with Gasteiger partial charge < -0.3 is 10.4 Å². The number of likely N-dealkylation sites (tertiary alicyclic amines) is 1. The molecule has 1 aromatic rings. The number of rotatable bonds is 4. The molecular weight excluding hydrogens is 256 g/mol. The van der Waals surface area contributed by atoms with E-state index < -0.39 is 5.97 Å². The lowest BCUT2D eigenvalue weighted by Crippen LogP contribution is -2.39. The third-order valence-electron chi connectivity index (χ3n) is 3.78. The Hall–Kier alpha value is -1.88. The maximum atomic E-state index is 11.6. The zero-order valence-electron chi connectivity index (χ0n) is 11.6. The summed E-state index contributed by atoms with van der Waals surface area (Å²) in [5.74, 6) is -0.663. The first-order valence-corrected chi connectivity index (χ1v) is 6.86. The Kier molecular flexibility index (Phi) is 4.74. The van der Waals surface area contributed by atoms with Crippen LogP contribution >= 0.6 is 0 Å². The van der Waals surface area contributed by atoms with Gasteiger partial charge in [0.25, 0.3) is 0 Å². The molecule has 1 heterocycles. The van der Waals surface area contributed by atoms with Crippen molar-refractivity contribution >= 4 is 11.9 Å². The van der Waals surface area contributed by atoms with E-state index >= 15 is 0 Å². The third-order valence-corrected chi connectivity index (χ3v) is 3.78. The highest BCUT2D eigenvalue weighted by Crippen LogP contribution is 2.19. The number of carbonyl (C=O) groups is 2. The summed E-state index contributed by atoms with van der Waals surface area (Å²) in [7, 11) is 1.67. The fourth-order valence-corrected chi connectivity index (χ4v) is 2.62. The van der Waals surface area contributed by atoms with E-state index in [2.05, 4.69) is 10.2 Å². The number of nitrogens with zero attached hydrogens (tertiary/aromatic N) is 1. The van der Waals surface area contributed by atoms with Gasteiger partial charge in [-0.3, -0.25) is 9.69 Å². The van der Waals surface area contributed by atoms with Gasteiger partial charge in [0, 0.05) is 19.5 Å². The lowest BCUT2D eigenvalue weighted by Gasteiger charge is -2.31. The highest BCUT2D eigenvalue weighted by Gasteiger charge is 2.24. The molecule has 0 atom stereocenters. The molecule has 0 bridgehead atoms. The molecule has 0 saturated carbocycles. The van der Waals surface area contributed by atoms with Gasteiger partial charge in [-0.25, -0.2) is 4.79 Å². The van der Waals surface area contributed by atoms with Crippen LogP contribution in [0.5, 0.6) is 0 Å².